The molecule has 0 N–H and O–H groups in total. The van der Waals surface area contributed by atoms with Gasteiger partial charge >= 0.3 is 6.18 Å². The Bertz CT molecular complexity index is 162. The molecule has 0 saturated carbocycles. The SMILES string of the molecule is CC(C)(C)C(CC(F)(F)F)N(F)F.Cl. The molecule has 7 heteroatoms. The van der Waals surface area contributed by atoms with Crippen LogP contribution in [0.1, 0.15) is 27.2 Å². The minimum Gasteiger partial charge on any atom is -0.171 e. The molecule has 0 aromatic carbocycles. The first-order chi connectivity index (χ1) is 5.54. The van der Waals surface area contributed by atoms with Crippen LogP contribution >= 0.6 is 12.4 Å². The summed E-state index contributed by atoms with van der Waals surface area (Å²) >= 11 is 0. The summed E-state index contributed by atoms with van der Waals surface area (Å²) in [4.78, 5) is 0. The first kappa shape index (κ1) is 16.3. The maximum Gasteiger partial charge on any atom is 0.390 e. The van der Waals surface area contributed by atoms with Crippen molar-refractivity contribution in [3.8, 4) is 0 Å². The Balaban J connectivity index is 0. The molecule has 0 saturated heterocycles. The van der Waals surface area contributed by atoms with Crippen LogP contribution in [0.4, 0.5) is 22.1 Å². The summed E-state index contributed by atoms with van der Waals surface area (Å²) in [5.74, 6) is 0. The Kier molecular flexibility index (Phi) is 5.97. The van der Waals surface area contributed by atoms with Crippen LogP contribution in [-0.2, 0) is 0 Å². The van der Waals surface area contributed by atoms with Crippen LogP contribution in [0.15, 0.2) is 0 Å². The number of hydrogen-bond donors (Lipinski definition) is 0. The van der Waals surface area contributed by atoms with Crippen LogP contribution in [0.5, 0.6) is 0 Å². The molecule has 0 fully saturated rings. The van der Waals surface area contributed by atoms with Gasteiger partial charge in [-0.2, -0.15) is 13.2 Å². The van der Waals surface area contributed by atoms with Crippen molar-refractivity contribution in [3.63, 3.8) is 0 Å². The lowest BCUT2D eigenvalue weighted by molar-refractivity contribution is -0.244. The van der Waals surface area contributed by atoms with E-state index in [0.717, 1.165) is 0 Å². The Hall–Kier alpha value is -0.100. The molecule has 0 aromatic rings. The van der Waals surface area contributed by atoms with Crippen LogP contribution in [0.3, 0.4) is 0 Å². The minimum atomic E-state index is -4.56. The Labute approximate surface area is 85.5 Å². The van der Waals surface area contributed by atoms with Crippen molar-refractivity contribution in [2.24, 2.45) is 5.41 Å². The summed E-state index contributed by atoms with van der Waals surface area (Å²) in [5, 5.41) is -1.37. The number of alkyl halides is 3. The number of halogens is 6. The van der Waals surface area contributed by atoms with Crippen LogP contribution < -0.4 is 0 Å². The van der Waals surface area contributed by atoms with Crippen molar-refractivity contribution < 1.29 is 22.1 Å². The third-order valence-electron chi connectivity index (χ3n) is 1.66. The smallest absolute Gasteiger partial charge is 0.171 e. The Morgan fingerprint density at radius 2 is 1.43 bits per heavy atom. The van der Waals surface area contributed by atoms with E-state index in [1.807, 2.05) is 0 Å². The van der Waals surface area contributed by atoms with E-state index < -0.39 is 29.4 Å². The van der Waals surface area contributed by atoms with Crippen LogP contribution in [0.25, 0.3) is 0 Å². The lowest BCUT2D eigenvalue weighted by atomic mass is 9.85. The summed E-state index contributed by atoms with van der Waals surface area (Å²) in [6, 6.07) is -1.80. The molecular formula is C7H13ClF5N. The molecule has 1 atom stereocenters. The molecule has 0 spiro atoms. The summed E-state index contributed by atoms with van der Waals surface area (Å²) in [5.41, 5.74) is -1.10. The molecule has 0 heterocycles. The summed E-state index contributed by atoms with van der Waals surface area (Å²) in [6.45, 7) is 4.03. The standard InChI is InChI=1S/C7H12F5N.ClH/c1-6(2,3)5(13(11)12)4-7(8,9)10;/h5H,4H2,1-3H3;1H. The van der Waals surface area contributed by atoms with E-state index in [0.29, 0.717) is 0 Å². The number of rotatable bonds is 2. The molecule has 0 aromatic heterocycles. The van der Waals surface area contributed by atoms with E-state index in [2.05, 4.69) is 0 Å². The third-order valence-corrected chi connectivity index (χ3v) is 1.66. The van der Waals surface area contributed by atoms with Gasteiger partial charge < -0.3 is 0 Å². The predicted octanol–water partition coefficient (Wildman–Crippen LogP) is 3.85. The molecule has 0 aliphatic heterocycles. The van der Waals surface area contributed by atoms with Gasteiger partial charge in [-0.05, 0) is 5.41 Å². The fourth-order valence-electron chi connectivity index (χ4n) is 0.887. The Morgan fingerprint density at radius 1 is 1.07 bits per heavy atom. The lowest BCUT2D eigenvalue weighted by Crippen LogP contribution is -2.39. The molecule has 14 heavy (non-hydrogen) atoms. The van der Waals surface area contributed by atoms with E-state index in [-0.39, 0.29) is 12.4 Å². The monoisotopic (exact) mass is 241 g/mol. The van der Waals surface area contributed by atoms with Gasteiger partial charge in [-0.3, -0.25) is 0 Å². The highest BCUT2D eigenvalue weighted by atomic mass is 35.5. The predicted molar refractivity (Wildman–Crippen MR) is 45.2 cm³/mol. The van der Waals surface area contributed by atoms with Gasteiger partial charge in [0.15, 0.2) is 0 Å². The van der Waals surface area contributed by atoms with Gasteiger partial charge in [-0.1, -0.05) is 20.8 Å². The molecule has 0 amide bonds. The fraction of sp³-hybridized carbons (Fsp3) is 1.00. The molecule has 1 nitrogen and oxygen atoms in total. The van der Waals surface area contributed by atoms with E-state index in [4.69, 9.17) is 0 Å². The maximum atomic E-state index is 12.1. The second kappa shape index (κ2) is 5.11. The first-order valence-corrected chi connectivity index (χ1v) is 3.71. The lowest BCUT2D eigenvalue weighted by Gasteiger charge is -2.30. The van der Waals surface area contributed by atoms with E-state index in [1.54, 1.807) is 0 Å². The quantitative estimate of drug-likeness (QED) is 0.524. The topological polar surface area (TPSA) is 3.24 Å². The second-order valence-electron chi connectivity index (χ2n) is 3.96. The minimum absolute atomic E-state index is 0. The van der Waals surface area contributed by atoms with Crippen molar-refractivity contribution in [1.29, 1.82) is 0 Å². The number of nitrogens with zero attached hydrogens (tertiary/aromatic N) is 1. The summed E-state index contributed by atoms with van der Waals surface area (Å²) in [7, 11) is 0. The van der Waals surface area contributed by atoms with Gasteiger partial charge in [0.25, 0.3) is 0 Å². The van der Waals surface area contributed by atoms with Crippen LogP contribution in [0, 0.1) is 5.41 Å². The largest absolute Gasteiger partial charge is 0.390 e. The van der Waals surface area contributed by atoms with Gasteiger partial charge in [0, 0.05) is 5.34 Å². The van der Waals surface area contributed by atoms with E-state index >= 15 is 0 Å². The van der Waals surface area contributed by atoms with Crippen molar-refractivity contribution in [3.05, 3.63) is 0 Å². The van der Waals surface area contributed by atoms with Crippen molar-refractivity contribution in [1.82, 2.24) is 5.34 Å². The highest BCUT2D eigenvalue weighted by molar-refractivity contribution is 5.85. The van der Waals surface area contributed by atoms with Gasteiger partial charge in [0.1, 0.15) is 0 Å². The third kappa shape index (κ3) is 6.37. The van der Waals surface area contributed by atoms with Gasteiger partial charge in [-0.15, -0.1) is 21.4 Å². The first-order valence-electron chi connectivity index (χ1n) is 3.71. The molecule has 0 aliphatic rings. The van der Waals surface area contributed by atoms with Gasteiger partial charge in [0.05, 0.1) is 12.5 Å². The Morgan fingerprint density at radius 3 is 1.50 bits per heavy atom. The van der Waals surface area contributed by atoms with E-state index in [9.17, 15) is 22.1 Å². The maximum absolute atomic E-state index is 12.1. The molecule has 88 valence electrons. The van der Waals surface area contributed by atoms with Gasteiger partial charge in [0.2, 0.25) is 0 Å². The van der Waals surface area contributed by atoms with Gasteiger partial charge in [-0.25, -0.2) is 0 Å². The van der Waals surface area contributed by atoms with Crippen LogP contribution in [0.2, 0.25) is 0 Å². The zero-order valence-electron chi connectivity index (χ0n) is 8.03. The molecule has 0 aliphatic carbocycles. The van der Waals surface area contributed by atoms with E-state index in [1.165, 1.54) is 20.8 Å². The highest BCUT2D eigenvalue weighted by Crippen LogP contribution is 2.34. The molecule has 0 radical (unpaired) electrons. The summed E-state index contributed by atoms with van der Waals surface area (Å²) in [6.07, 6.45) is -6.06. The molecular weight excluding hydrogens is 229 g/mol. The zero-order valence-corrected chi connectivity index (χ0v) is 8.85. The van der Waals surface area contributed by atoms with Crippen molar-refractivity contribution >= 4 is 12.4 Å². The van der Waals surface area contributed by atoms with Crippen LogP contribution in [-0.4, -0.2) is 17.6 Å². The number of hydrogen-bond acceptors (Lipinski definition) is 1. The van der Waals surface area contributed by atoms with Crippen molar-refractivity contribution in [2.45, 2.75) is 39.4 Å². The second-order valence-corrected chi connectivity index (χ2v) is 3.96. The molecule has 0 bridgehead atoms. The zero-order chi connectivity index (χ0) is 10.9. The average Bonchev–Trinajstić information content (AvgIpc) is 1.77. The molecule has 1 unspecified atom stereocenters. The average molecular weight is 242 g/mol. The summed E-state index contributed by atoms with van der Waals surface area (Å²) < 4.78 is 59.6. The van der Waals surface area contributed by atoms with Crippen molar-refractivity contribution in [2.75, 3.05) is 0 Å². The fourth-order valence-corrected chi connectivity index (χ4v) is 0.887. The normalized spacial score (nSPS) is 15.2. The highest BCUT2D eigenvalue weighted by Gasteiger charge is 2.41. The molecule has 0 rings (SSSR count).